The number of Topliss-reactive ketones (excluding diaryl/α,β-unsaturated/α-hetero) is 1. The third-order valence-corrected chi connectivity index (χ3v) is 6.03. The first-order valence-corrected chi connectivity index (χ1v) is 10.0. The Morgan fingerprint density at radius 1 is 1.20 bits per heavy atom. The van der Waals surface area contributed by atoms with Gasteiger partial charge in [-0.1, -0.05) is 36.0 Å². The van der Waals surface area contributed by atoms with Gasteiger partial charge in [-0.25, -0.2) is 0 Å². The summed E-state index contributed by atoms with van der Waals surface area (Å²) in [4.78, 5) is 14.8. The summed E-state index contributed by atoms with van der Waals surface area (Å²) in [6.45, 7) is 8.94. The first-order valence-electron chi connectivity index (χ1n) is 8.23. The van der Waals surface area contributed by atoms with Crippen molar-refractivity contribution in [1.82, 2.24) is 14.8 Å². The van der Waals surface area contributed by atoms with Crippen LogP contribution in [-0.2, 0) is 6.54 Å². The fourth-order valence-electron chi connectivity index (χ4n) is 2.82. The maximum absolute atomic E-state index is 12.5. The molecule has 6 heteroatoms. The summed E-state index contributed by atoms with van der Waals surface area (Å²) in [7, 11) is 0. The molecule has 130 valence electrons. The zero-order valence-electron chi connectivity index (χ0n) is 14.9. The largest absolute Gasteiger partial charge is 0.302 e. The highest BCUT2D eigenvalue weighted by molar-refractivity contribution is 7.99. The molecule has 0 unspecified atom stereocenters. The standard InChI is InChI=1S/C19H21N3OS2/c1-5-22-18(15-9-7-6-8-12(15)2)20-21-19(22)24-11-17(23)16-10-13(3)25-14(16)4/h6-10H,5,11H2,1-4H3. The molecule has 0 atom stereocenters. The molecule has 3 rings (SSSR count). The van der Waals surface area contributed by atoms with Crippen molar-refractivity contribution in [2.75, 3.05) is 5.75 Å². The molecule has 2 heterocycles. The van der Waals surface area contributed by atoms with Gasteiger partial charge in [0, 0.05) is 27.4 Å². The molecule has 0 fully saturated rings. The first-order chi connectivity index (χ1) is 12.0. The Labute approximate surface area is 156 Å². The van der Waals surface area contributed by atoms with E-state index in [4.69, 9.17) is 0 Å². The monoisotopic (exact) mass is 371 g/mol. The lowest BCUT2D eigenvalue weighted by molar-refractivity contribution is 0.102. The second-order valence-electron chi connectivity index (χ2n) is 5.90. The van der Waals surface area contributed by atoms with Gasteiger partial charge < -0.3 is 4.57 Å². The molecule has 4 nitrogen and oxygen atoms in total. The molecule has 0 spiro atoms. The summed E-state index contributed by atoms with van der Waals surface area (Å²) in [6.07, 6.45) is 0. The van der Waals surface area contributed by atoms with Gasteiger partial charge in [0.25, 0.3) is 0 Å². The Morgan fingerprint density at radius 2 is 1.96 bits per heavy atom. The Kier molecular flexibility index (Phi) is 5.39. The zero-order valence-corrected chi connectivity index (χ0v) is 16.5. The van der Waals surface area contributed by atoms with Gasteiger partial charge in [0.1, 0.15) is 0 Å². The third kappa shape index (κ3) is 3.70. The van der Waals surface area contributed by atoms with E-state index in [-0.39, 0.29) is 5.78 Å². The number of carbonyl (C=O) groups is 1. The van der Waals surface area contributed by atoms with Crippen LogP contribution in [0.5, 0.6) is 0 Å². The maximum atomic E-state index is 12.5. The van der Waals surface area contributed by atoms with Gasteiger partial charge >= 0.3 is 0 Å². The highest BCUT2D eigenvalue weighted by atomic mass is 32.2. The molecule has 1 aromatic carbocycles. The van der Waals surface area contributed by atoms with Gasteiger partial charge in [0.15, 0.2) is 16.8 Å². The number of carbonyl (C=O) groups excluding carboxylic acids is 1. The topological polar surface area (TPSA) is 47.8 Å². The van der Waals surface area contributed by atoms with E-state index < -0.39 is 0 Å². The fraction of sp³-hybridized carbons (Fsp3) is 0.316. The highest BCUT2D eigenvalue weighted by Gasteiger charge is 2.17. The van der Waals surface area contributed by atoms with Crippen molar-refractivity contribution in [1.29, 1.82) is 0 Å². The van der Waals surface area contributed by atoms with Crippen LogP contribution in [-0.4, -0.2) is 26.3 Å². The van der Waals surface area contributed by atoms with E-state index in [1.807, 2.05) is 32.0 Å². The van der Waals surface area contributed by atoms with Gasteiger partial charge in [-0.15, -0.1) is 21.5 Å². The van der Waals surface area contributed by atoms with Crippen LogP contribution in [0.1, 0.15) is 32.6 Å². The Morgan fingerprint density at radius 3 is 2.60 bits per heavy atom. The normalized spacial score (nSPS) is 11.0. The quantitative estimate of drug-likeness (QED) is 0.455. The number of rotatable bonds is 6. The van der Waals surface area contributed by atoms with E-state index in [1.54, 1.807) is 11.3 Å². The number of thioether (sulfide) groups is 1. The van der Waals surface area contributed by atoms with E-state index in [0.29, 0.717) is 5.75 Å². The van der Waals surface area contributed by atoms with Crippen LogP contribution in [0.25, 0.3) is 11.4 Å². The molecule has 0 N–H and O–H groups in total. The lowest BCUT2D eigenvalue weighted by Gasteiger charge is -2.09. The van der Waals surface area contributed by atoms with Crippen molar-refractivity contribution < 1.29 is 4.79 Å². The van der Waals surface area contributed by atoms with Gasteiger partial charge in [-0.2, -0.15) is 0 Å². The average Bonchev–Trinajstić information content (AvgIpc) is 3.15. The summed E-state index contributed by atoms with van der Waals surface area (Å²) >= 11 is 3.12. The van der Waals surface area contributed by atoms with E-state index in [9.17, 15) is 4.79 Å². The van der Waals surface area contributed by atoms with Crippen molar-refractivity contribution in [3.63, 3.8) is 0 Å². The van der Waals surface area contributed by atoms with Gasteiger partial charge in [0.2, 0.25) is 0 Å². The summed E-state index contributed by atoms with van der Waals surface area (Å²) in [5.41, 5.74) is 3.08. The van der Waals surface area contributed by atoms with Crippen LogP contribution in [0.15, 0.2) is 35.5 Å². The maximum Gasteiger partial charge on any atom is 0.191 e. The summed E-state index contributed by atoms with van der Waals surface area (Å²) in [5.74, 6) is 1.39. The molecule has 0 aliphatic heterocycles. The highest BCUT2D eigenvalue weighted by Crippen LogP contribution is 2.28. The Balaban J connectivity index is 1.81. The van der Waals surface area contributed by atoms with Crippen LogP contribution in [0.4, 0.5) is 0 Å². The molecular weight excluding hydrogens is 350 g/mol. The van der Waals surface area contributed by atoms with E-state index >= 15 is 0 Å². The second-order valence-corrected chi connectivity index (χ2v) is 8.31. The molecule has 25 heavy (non-hydrogen) atoms. The summed E-state index contributed by atoms with van der Waals surface area (Å²) < 4.78 is 2.08. The number of thiophene rings is 1. The number of ketones is 1. The zero-order chi connectivity index (χ0) is 18.0. The van der Waals surface area contributed by atoms with Crippen LogP contribution < -0.4 is 0 Å². The molecule has 0 aliphatic rings. The van der Waals surface area contributed by atoms with Crippen LogP contribution in [0.3, 0.4) is 0 Å². The van der Waals surface area contributed by atoms with Crippen molar-refractivity contribution >= 4 is 28.9 Å². The molecule has 0 bridgehead atoms. The van der Waals surface area contributed by atoms with E-state index in [2.05, 4.69) is 40.7 Å². The van der Waals surface area contributed by atoms with Crippen LogP contribution >= 0.6 is 23.1 Å². The molecule has 2 aromatic heterocycles. The lowest BCUT2D eigenvalue weighted by atomic mass is 10.1. The Hall–Kier alpha value is -1.92. The molecule has 0 radical (unpaired) electrons. The third-order valence-electron chi connectivity index (χ3n) is 4.09. The fourth-order valence-corrected chi connectivity index (χ4v) is 4.65. The number of nitrogens with zero attached hydrogens (tertiary/aromatic N) is 3. The smallest absolute Gasteiger partial charge is 0.191 e. The molecule has 0 aliphatic carbocycles. The van der Waals surface area contributed by atoms with Crippen LogP contribution in [0, 0.1) is 20.8 Å². The number of aryl methyl sites for hydroxylation is 3. The van der Waals surface area contributed by atoms with Gasteiger partial charge in [-0.3, -0.25) is 4.79 Å². The van der Waals surface area contributed by atoms with E-state index in [0.717, 1.165) is 33.5 Å². The van der Waals surface area contributed by atoms with Crippen LogP contribution in [0.2, 0.25) is 0 Å². The first kappa shape index (κ1) is 17.9. The molecule has 3 aromatic rings. The molecule has 0 saturated carbocycles. The van der Waals surface area contributed by atoms with Crippen molar-refractivity contribution in [2.24, 2.45) is 0 Å². The number of hydrogen-bond donors (Lipinski definition) is 0. The van der Waals surface area contributed by atoms with Gasteiger partial charge in [0.05, 0.1) is 5.75 Å². The van der Waals surface area contributed by atoms with Crippen molar-refractivity contribution in [3.8, 4) is 11.4 Å². The predicted molar refractivity (Wildman–Crippen MR) is 105 cm³/mol. The molecule has 0 amide bonds. The van der Waals surface area contributed by atoms with Gasteiger partial charge in [-0.05, 0) is 39.3 Å². The molecule has 0 saturated heterocycles. The minimum atomic E-state index is 0.148. The average molecular weight is 372 g/mol. The Bertz CT molecular complexity index is 911. The molecular formula is C19H21N3OS2. The van der Waals surface area contributed by atoms with Crippen molar-refractivity contribution in [2.45, 2.75) is 39.4 Å². The predicted octanol–water partition coefficient (Wildman–Crippen LogP) is 4.93. The summed E-state index contributed by atoms with van der Waals surface area (Å²) in [6, 6.07) is 10.1. The minimum Gasteiger partial charge on any atom is -0.302 e. The van der Waals surface area contributed by atoms with Crippen molar-refractivity contribution in [3.05, 3.63) is 51.2 Å². The second kappa shape index (κ2) is 7.54. The SMILES string of the molecule is CCn1c(SCC(=O)c2cc(C)sc2C)nnc1-c1ccccc1C. The lowest BCUT2D eigenvalue weighted by Crippen LogP contribution is -2.05. The number of benzene rings is 1. The minimum absolute atomic E-state index is 0.148. The number of hydrogen-bond acceptors (Lipinski definition) is 5. The number of aromatic nitrogens is 3. The summed E-state index contributed by atoms with van der Waals surface area (Å²) in [5, 5.41) is 9.49. The van der Waals surface area contributed by atoms with E-state index in [1.165, 1.54) is 22.2 Å².